The maximum absolute atomic E-state index is 13.1. The molecule has 3 heterocycles. The number of hydrogen-bond donors (Lipinski definition) is 4. The third-order valence-corrected chi connectivity index (χ3v) is 10.9. The molecule has 4 amide bonds. The maximum atomic E-state index is 13.1. The van der Waals surface area contributed by atoms with E-state index in [1.807, 2.05) is 60.7 Å². The number of likely N-dealkylation sites (tertiary alicyclic amines) is 2. The highest BCUT2D eigenvalue weighted by molar-refractivity contribution is 5.87. The Hall–Kier alpha value is -6.11. The van der Waals surface area contributed by atoms with Crippen LogP contribution in [0.5, 0.6) is 0 Å². The number of oxazole rings is 1. The van der Waals surface area contributed by atoms with Gasteiger partial charge in [-0.3, -0.25) is 19.2 Å². The van der Waals surface area contributed by atoms with Crippen LogP contribution in [0.4, 0.5) is 0 Å². The average molecular weight is 770 g/mol. The molecule has 2 aliphatic heterocycles. The Morgan fingerprint density at radius 2 is 1.07 bits per heavy atom. The molecular formula is C45H47N5O7. The van der Waals surface area contributed by atoms with Crippen LogP contribution >= 0.6 is 0 Å². The fraction of sp³-hybridized carbons (Fsp3) is 0.311. The summed E-state index contributed by atoms with van der Waals surface area (Å²) in [7, 11) is 0. The molecule has 2 saturated heterocycles. The van der Waals surface area contributed by atoms with E-state index < -0.39 is 11.2 Å². The normalized spacial score (nSPS) is 18.7. The first kappa shape index (κ1) is 39.1. The van der Waals surface area contributed by atoms with Gasteiger partial charge >= 0.3 is 0 Å². The lowest BCUT2D eigenvalue weighted by Crippen LogP contribution is -2.46. The Balaban J connectivity index is 0.860. The van der Waals surface area contributed by atoms with Gasteiger partial charge < -0.3 is 35.1 Å². The lowest BCUT2D eigenvalue weighted by molar-refractivity contribution is -0.150. The van der Waals surface area contributed by atoms with Gasteiger partial charge in [0.25, 0.3) is 11.8 Å². The Morgan fingerprint density at radius 3 is 1.51 bits per heavy atom. The van der Waals surface area contributed by atoms with Crippen molar-refractivity contribution in [3.8, 4) is 22.8 Å². The van der Waals surface area contributed by atoms with Crippen molar-refractivity contribution in [2.45, 2.75) is 62.8 Å². The van der Waals surface area contributed by atoms with Crippen LogP contribution in [0, 0.1) is 0 Å². The van der Waals surface area contributed by atoms with Gasteiger partial charge in [0.2, 0.25) is 17.7 Å². The standard InChI is InChI=1S/C45H47N5O7/c1-44(55,34-9-5-3-6-10-34)42(53)49-23-21-36(28-49)47-39(51)25-30-13-17-32(18-14-30)38-27-46-41(57-38)33-19-15-31(16-20-33)26-40(52)48-37-22-24-50(29-37)43(54)45(2,56)35-11-7-4-8-12-35/h3-20,27,36-37,55-56H,21-26,28-29H2,1-2H3,(H,47,51)(H,48,52)/t36-,37-,44+,45+/m1/s1. The highest BCUT2D eigenvalue weighted by atomic mass is 16.4. The zero-order chi connectivity index (χ0) is 40.2. The molecular weight excluding hydrogens is 723 g/mol. The minimum Gasteiger partial charge on any atom is -0.436 e. The predicted molar refractivity (Wildman–Crippen MR) is 213 cm³/mol. The summed E-state index contributed by atoms with van der Waals surface area (Å²) < 4.78 is 6.07. The predicted octanol–water partition coefficient (Wildman–Crippen LogP) is 4.34. The molecule has 0 bridgehead atoms. The van der Waals surface area contributed by atoms with E-state index in [-0.39, 0.29) is 48.6 Å². The Bertz CT molecular complexity index is 2050. The maximum Gasteiger partial charge on any atom is 0.258 e. The van der Waals surface area contributed by atoms with Crippen molar-refractivity contribution < 1.29 is 33.8 Å². The zero-order valence-corrected chi connectivity index (χ0v) is 32.1. The molecule has 57 heavy (non-hydrogen) atoms. The quantitative estimate of drug-likeness (QED) is 0.146. The topological polar surface area (TPSA) is 165 Å². The Labute approximate surface area is 331 Å². The third-order valence-electron chi connectivity index (χ3n) is 10.9. The largest absolute Gasteiger partial charge is 0.436 e. The van der Waals surface area contributed by atoms with Crippen molar-refractivity contribution in [1.29, 1.82) is 0 Å². The summed E-state index contributed by atoms with van der Waals surface area (Å²) in [4.78, 5) is 59.7. The number of hydrogen-bond acceptors (Lipinski definition) is 8. The summed E-state index contributed by atoms with van der Waals surface area (Å²) in [5, 5.41) is 28.0. The van der Waals surface area contributed by atoms with E-state index in [1.165, 1.54) is 13.8 Å². The molecule has 0 aliphatic carbocycles. The molecule has 2 aliphatic rings. The minimum absolute atomic E-state index is 0.147. The average Bonchev–Trinajstić information content (AvgIpc) is 4.01. The summed E-state index contributed by atoms with van der Waals surface area (Å²) in [5.74, 6) is -0.0566. The molecule has 2 fully saturated rings. The second kappa shape index (κ2) is 16.5. The minimum atomic E-state index is -1.64. The van der Waals surface area contributed by atoms with Gasteiger partial charge in [-0.1, -0.05) is 97.1 Å². The molecule has 4 aromatic carbocycles. The van der Waals surface area contributed by atoms with Crippen molar-refractivity contribution in [1.82, 2.24) is 25.4 Å². The van der Waals surface area contributed by atoms with Crippen LogP contribution in [0.1, 0.15) is 48.9 Å². The second-order valence-electron chi connectivity index (χ2n) is 15.3. The molecule has 4 N–H and O–H groups in total. The highest BCUT2D eigenvalue weighted by Gasteiger charge is 2.40. The van der Waals surface area contributed by atoms with Crippen LogP contribution in [0.25, 0.3) is 22.8 Å². The molecule has 12 heteroatoms. The first-order valence-electron chi connectivity index (χ1n) is 19.2. The van der Waals surface area contributed by atoms with Gasteiger partial charge in [0, 0.05) is 49.4 Å². The molecule has 7 rings (SSSR count). The lowest BCUT2D eigenvalue weighted by atomic mass is 9.94. The first-order valence-corrected chi connectivity index (χ1v) is 19.2. The number of carbonyl (C=O) groups excluding carboxylic acids is 4. The van der Waals surface area contributed by atoms with E-state index in [9.17, 15) is 29.4 Å². The van der Waals surface area contributed by atoms with Crippen molar-refractivity contribution >= 4 is 23.6 Å². The molecule has 0 unspecified atom stereocenters. The van der Waals surface area contributed by atoms with Gasteiger partial charge in [-0.2, -0.15) is 0 Å². The number of aromatic nitrogens is 1. The van der Waals surface area contributed by atoms with E-state index in [1.54, 1.807) is 64.5 Å². The number of amides is 4. The van der Waals surface area contributed by atoms with Crippen LogP contribution in [0.2, 0.25) is 0 Å². The molecule has 12 nitrogen and oxygen atoms in total. The van der Waals surface area contributed by atoms with E-state index in [2.05, 4.69) is 15.6 Å². The van der Waals surface area contributed by atoms with Crippen molar-refractivity contribution in [2.24, 2.45) is 0 Å². The highest BCUT2D eigenvalue weighted by Crippen LogP contribution is 2.29. The van der Waals surface area contributed by atoms with Crippen molar-refractivity contribution in [2.75, 3.05) is 26.2 Å². The van der Waals surface area contributed by atoms with E-state index in [0.29, 0.717) is 61.8 Å². The van der Waals surface area contributed by atoms with Crippen LogP contribution in [-0.4, -0.2) is 86.9 Å². The molecule has 4 atom stereocenters. The molecule has 0 saturated carbocycles. The Kier molecular flexibility index (Phi) is 11.4. The van der Waals surface area contributed by atoms with Crippen LogP contribution in [0.15, 0.2) is 120 Å². The monoisotopic (exact) mass is 769 g/mol. The smallest absolute Gasteiger partial charge is 0.258 e. The molecule has 0 radical (unpaired) electrons. The van der Waals surface area contributed by atoms with E-state index in [4.69, 9.17) is 4.42 Å². The molecule has 1 aromatic heterocycles. The summed E-state index contributed by atoms with van der Waals surface area (Å²) in [6.45, 7) is 4.58. The van der Waals surface area contributed by atoms with Crippen LogP contribution < -0.4 is 10.6 Å². The van der Waals surface area contributed by atoms with Crippen LogP contribution in [-0.2, 0) is 43.2 Å². The van der Waals surface area contributed by atoms with E-state index >= 15 is 0 Å². The number of nitrogens with one attached hydrogen (secondary N) is 2. The first-order chi connectivity index (χ1) is 27.4. The van der Waals surface area contributed by atoms with Gasteiger partial charge in [0.05, 0.1) is 19.0 Å². The molecule has 294 valence electrons. The fourth-order valence-corrected chi connectivity index (χ4v) is 7.53. The van der Waals surface area contributed by atoms with Gasteiger partial charge in [-0.25, -0.2) is 4.98 Å². The van der Waals surface area contributed by atoms with Crippen LogP contribution in [0.3, 0.4) is 0 Å². The zero-order valence-electron chi connectivity index (χ0n) is 32.1. The summed E-state index contributed by atoms with van der Waals surface area (Å²) >= 11 is 0. The van der Waals surface area contributed by atoms with Gasteiger partial charge in [-0.05, 0) is 61.1 Å². The fourth-order valence-electron chi connectivity index (χ4n) is 7.53. The van der Waals surface area contributed by atoms with Gasteiger partial charge in [-0.15, -0.1) is 0 Å². The van der Waals surface area contributed by atoms with Gasteiger partial charge in [0.1, 0.15) is 0 Å². The number of benzene rings is 4. The second-order valence-corrected chi connectivity index (χ2v) is 15.3. The summed E-state index contributed by atoms with van der Waals surface area (Å²) in [6, 6.07) is 32.2. The molecule has 0 spiro atoms. The number of carbonyl (C=O) groups is 4. The third kappa shape index (κ3) is 8.98. The number of nitrogens with zero attached hydrogens (tertiary/aromatic N) is 3. The summed E-state index contributed by atoms with van der Waals surface area (Å²) in [5.41, 5.74) is 0.971. The van der Waals surface area contributed by atoms with E-state index in [0.717, 1.165) is 22.3 Å². The number of rotatable bonds is 12. The van der Waals surface area contributed by atoms with Crippen molar-refractivity contribution in [3.63, 3.8) is 0 Å². The van der Waals surface area contributed by atoms with Crippen molar-refractivity contribution in [3.05, 3.63) is 138 Å². The lowest BCUT2D eigenvalue weighted by Gasteiger charge is -2.28. The summed E-state index contributed by atoms with van der Waals surface area (Å²) in [6.07, 6.45) is 3.21. The Morgan fingerprint density at radius 1 is 0.649 bits per heavy atom. The van der Waals surface area contributed by atoms with Gasteiger partial charge in [0.15, 0.2) is 17.0 Å². The molecule has 5 aromatic rings. The number of aliphatic hydroxyl groups is 2. The SMILES string of the molecule is C[C@@](O)(C(=O)N1CC[C@@H](NC(=O)Cc2ccc(-c3cnc(-c4ccc(CC(=O)N[C@@H]5CCN(C(=O)[C@@](C)(O)c6ccccc6)C5)cc4)o3)cc2)C1)c1ccccc1.